The van der Waals surface area contributed by atoms with Crippen molar-refractivity contribution >= 4 is 69.8 Å². The third-order valence-corrected chi connectivity index (χ3v) is 5.16. The fraction of sp³-hybridized carbons (Fsp3) is 0. The Kier molecular flexibility index (Phi) is 15.4. The van der Waals surface area contributed by atoms with E-state index in [0.717, 1.165) is 36.4 Å². The third kappa shape index (κ3) is 11.1. The molecule has 3 N–H and O–H groups in total. The Morgan fingerprint density at radius 3 is 0.875 bits per heavy atom. The molecule has 0 unspecified atom stereocenters. The molecule has 0 aliphatic rings. The van der Waals surface area contributed by atoms with Gasteiger partial charge in [0, 0.05) is 85.8 Å². The number of rotatable bonds is 6. The van der Waals surface area contributed by atoms with Crippen LogP contribution >= 0.6 is 34.8 Å². The predicted octanol–water partition coefficient (Wildman–Crippen LogP) is 5.84. The minimum absolute atomic E-state index is 0. The molecule has 19 heteroatoms. The number of nitro benzene ring substituents is 3. The van der Waals surface area contributed by atoms with Gasteiger partial charge in [0.15, 0.2) is 0 Å². The molecule has 0 saturated heterocycles. The SMILES string of the molecule is O=C(O)c1cc([N+](=O)[O-])ccc1Cl.O=C(O)c1cc([N+](=O)[O-])ccc1Cl.O=C(O)c1cc([N+](=O)[O-])ccc1Cl.[Eu]. The van der Waals surface area contributed by atoms with Gasteiger partial charge in [0.2, 0.25) is 0 Å². The normalized spacial score (nSPS) is 9.38. The van der Waals surface area contributed by atoms with Crippen molar-refractivity contribution in [1.29, 1.82) is 0 Å². The standard InChI is InChI=1S/3C7H4ClNO4.Eu/c3*8-6-2-1-4(9(12)13)3-5(6)7(10)11;/h3*1-3H,(H,10,11);. The Morgan fingerprint density at radius 1 is 0.525 bits per heavy atom. The Labute approximate surface area is 277 Å². The van der Waals surface area contributed by atoms with Crippen molar-refractivity contribution in [3.63, 3.8) is 0 Å². The maximum absolute atomic E-state index is 10.5. The summed E-state index contributed by atoms with van der Waals surface area (Å²) in [7, 11) is 0. The van der Waals surface area contributed by atoms with E-state index in [9.17, 15) is 44.7 Å². The summed E-state index contributed by atoms with van der Waals surface area (Å²) in [5.74, 6) is -3.85. The number of hydrogen-bond donors (Lipinski definition) is 3. The van der Waals surface area contributed by atoms with Gasteiger partial charge < -0.3 is 15.3 Å². The number of aromatic carboxylic acids is 3. The maximum Gasteiger partial charge on any atom is 0.337 e. The summed E-state index contributed by atoms with van der Waals surface area (Å²) in [4.78, 5) is 60.2. The van der Waals surface area contributed by atoms with Crippen LogP contribution in [-0.2, 0) is 0 Å². The van der Waals surface area contributed by atoms with Gasteiger partial charge in [0.25, 0.3) is 17.1 Å². The fourth-order valence-corrected chi connectivity index (χ4v) is 2.97. The molecule has 0 amide bonds. The smallest absolute Gasteiger partial charge is 0.337 e. The summed E-state index contributed by atoms with van der Waals surface area (Å²) in [5, 5.41) is 56.4. The molecule has 0 bridgehead atoms. The van der Waals surface area contributed by atoms with Gasteiger partial charge in [-0.05, 0) is 18.2 Å². The van der Waals surface area contributed by atoms with E-state index in [2.05, 4.69) is 0 Å². The summed E-state index contributed by atoms with van der Waals surface area (Å²) in [6.07, 6.45) is 0. The van der Waals surface area contributed by atoms with Crippen LogP contribution in [0.4, 0.5) is 17.1 Å². The van der Waals surface area contributed by atoms with Crippen LogP contribution in [0.2, 0.25) is 15.1 Å². The molecule has 3 aromatic rings. The number of nitrogens with zero attached hydrogens (tertiary/aromatic N) is 3. The molecule has 1 radical (unpaired) electrons. The molecule has 0 saturated carbocycles. The van der Waals surface area contributed by atoms with Gasteiger partial charge in [-0.3, -0.25) is 30.3 Å². The minimum atomic E-state index is -1.28. The summed E-state index contributed by atoms with van der Waals surface area (Å²) in [6, 6.07) is 9.76. The zero-order chi connectivity index (χ0) is 30.0. The van der Waals surface area contributed by atoms with Gasteiger partial charge in [-0.1, -0.05) is 34.8 Å². The monoisotopic (exact) mass is 756 g/mol. The molecule has 211 valence electrons. The van der Waals surface area contributed by atoms with Crippen molar-refractivity contribution in [2.24, 2.45) is 0 Å². The molecular weight excluding hydrogens is 745 g/mol. The van der Waals surface area contributed by atoms with Crippen molar-refractivity contribution < 1.29 is 93.8 Å². The summed E-state index contributed by atoms with van der Waals surface area (Å²) in [6.45, 7) is 0. The first-order chi connectivity index (χ1) is 18.1. The zero-order valence-electron chi connectivity index (χ0n) is 19.1. The van der Waals surface area contributed by atoms with Crippen molar-refractivity contribution in [2.45, 2.75) is 0 Å². The van der Waals surface area contributed by atoms with E-state index in [4.69, 9.17) is 50.1 Å². The second kappa shape index (κ2) is 16.7. The second-order valence-corrected chi connectivity index (χ2v) is 7.90. The van der Waals surface area contributed by atoms with Crippen molar-refractivity contribution in [2.75, 3.05) is 0 Å². The Hall–Kier alpha value is -3.28. The molecule has 0 heterocycles. The molecule has 0 aliphatic carbocycles. The minimum Gasteiger partial charge on any atom is -0.478 e. The fourth-order valence-electron chi connectivity index (χ4n) is 2.37. The molecule has 40 heavy (non-hydrogen) atoms. The van der Waals surface area contributed by atoms with E-state index in [1.807, 2.05) is 0 Å². The number of non-ortho nitro benzene ring substituents is 3. The maximum atomic E-state index is 10.5. The van der Waals surface area contributed by atoms with E-state index < -0.39 is 32.7 Å². The van der Waals surface area contributed by atoms with E-state index in [-0.39, 0.29) is 98.2 Å². The third-order valence-electron chi connectivity index (χ3n) is 4.17. The molecule has 15 nitrogen and oxygen atoms in total. The van der Waals surface area contributed by atoms with Gasteiger partial charge >= 0.3 is 17.9 Å². The molecular formula is C21H12Cl3EuN3O12. The van der Waals surface area contributed by atoms with E-state index >= 15 is 0 Å². The molecule has 0 aromatic heterocycles. The van der Waals surface area contributed by atoms with Gasteiger partial charge in [-0.25, -0.2) is 14.4 Å². The molecule has 0 aliphatic heterocycles. The molecule has 3 aromatic carbocycles. The second-order valence-electron chi connectivity index (χ2n) is 6.68. The van der Waals surface area contributed by atoms with E-state index in [1.165, 1.54) is 18.2 Å². The molecule has 0 fully saturated rings. The average Bonchev–Trinajstić information content (AvgIpc) is 2.84. The number of carbonyl (C=O) groups is 3. The number of halogens is 3. The molecule has 0 atom stereocenters. The van der Waals surface area contributed by atoms with Crippen LogP contribution in [0.1, 0.15) is 31.1 Å². The van der Waals surface area contributed by atoms with Crippen LogP contribution in [0.15, 0.2) is 54.6 Å². The van der Waals surface area contributed by atoms with Crippen LogP contribution in [0.25, 0.3) is 0 Å². The van der Waals surface area contributed by atoms with E-state index in [0.29, 0.717) is 0 Å². The van der Waals surface area contributed by atoms with Crippen LogP contribution in [0.5, 0.6) is 0 Å². The van der Waals surface area contributed by atoms with Gasteiger partial charge in [-0.2, -0.15) is 0 Å². The first-order valence-electron chi connectivity index (χ1n) is 9.58. The quantitative estimate of drug-likeness (QED) is 0.199. The summed E-state index contributed by atoms with van der Waals surface area (Å²) < 4.78 is 0. The number of carboxylic acid groups (broad SMARTS) is 3. The Bertz CT molecular complexity index is 1310. The first kappa shape index (κ1) is 36.7. The van der Waals surface area contributed by atoms with Crippen molar-refractivity contribution in [3.8, 4) is 0 Å². The van der Waals surface area contributed by atoms with Crippen molar-refractivity contribution in [1.82, 2.24) is 0 Å². The van der Waals surface area contributed by atoms with Crippen LogP contribution in [0, 0.1) is 79.7 Å². The number of benzene rings is 3. The van der Waals surface area contributed by atoms with Crippen LogP contribution in [0.3, 0.4) is 0 Å². The summed E-state index contributed by atoms with van der Waals surface area (Å²) in [5.41, 5.74) is -1.67. The average molecular weight is 757 g/mol. The van der Waals surface area contributed by atoms with Gasteiger partial charge in [0.05, 0.1) is 46.5 Å². The topological polar surface area (TPSA) is 241 Å². The van der Waals surface area contributed by atoms with Gasteiger partial charge in [-0.15, -0.1) is 0 Å². The van der Waals surface area contributed by atoms with Crippen molar-refractivity contribution in [3.05, 3.63) is 117 Å². The van der Waals surface area contributed by atoms with E-state index in [1.54, 1.807) is 0 Å². The van der Waals surface area contributed by atoms with Crippen LogP contribution in [-0.4, -0.2) is 48.0 Å². The van der Waals surface area contributed by atoms with Crippen LogP contribution < -0.4 is 0 Å². The largest absolute Gasteiger partial charge is 0.478 e. The number of nitro groups is 3. The number of carboxylic acids is 3. The first-order valence-corrected chi connectivity index (χ1v) is 10.7. The summed E-state index contributed by atoms with van der Waals surface area (Å²) >= 11 is 16.5. The Balaban J connectivity index is 0.000000563. The zero-order valence-corrected chi connectivity index (χ0v) is 23.8. The number of hydrogen-bond acceptors (Lipinski definition) is 9. The molecule has 3 rings (SSSR count). The van der Waals surface area contributed by atoms with Gasteiger partial charge in [0.1, 0.15) is 0 Å². The predicted molar refractivity (Wildman–Crippen MR) is 135 cm³/mol. The molecule has 0 spiro atoms. The Morgan fingerprint density at radius 2 is 0.725 bits per heavy atom.